The second-order valence-corrected chi connectivity index (χ2v) is 8.22. The lowest BCUT2D eigenvalue weighted by Crippen LogP contribution is -2.14. The van der Waals surface area contributed by atoms with Gasteiger partial charge in [-0.2, -0.15) is 5.10 Å². The summed E-state index contributed by atoms with van der Waals surface area (Å²) in [6.07, 6.45) is 3.07. The van der Waals surface area contributed by atoms with E-state index in [0.29, 0.717) is 11.5 Å². The number of aromatic nitrogens is 3. The second kappa shape index (κ2) is 7.41. The summed E-state index contributed by atoms with van der Waals surface area (Å²) in [5.41, 5.74) is 1.23. The predicted octanol–water partition coefficient (Wildman–Crippen LogP) is 4.01. The van der Waals surface area contributed by atoms with E-state index in [9.17, 15) is 12.8 Å². The molecule has 0 amide bonds. The molecule has 0 unspecified atom stereocenters. The average molecular weight is 415 g/mol. The van der Waals surface area contributed by atoms with Crippen LogP contribution in [0.3, 0.4) is 0 Å². The van der Waals surface area contributed by atoms with Crippen molar-refractivity contribution in [3.63, 3.8) is 0 Å². The molecule has 7 nitrogen and oxygen atoms in total. The Morgan fingerprint density at radius 3 is 2.57 bits per heavy atom. The number of hydrogen-bond donors (Lipinski definition) is 2. The van der Waals surface area contributed by atoms with E-state index in [0.717, 1.165) is 23.1 Å². The number of para-hydroxylation sites is 1. The van der Waals surface area contributed by atoms with E-state index < -0.39 is 20.7 Å². The van der Waals surface area contributed by atoms with E-state index in [2.05, 4.69) is 20.1 Å². The highest BCUT2D eigenvalue weighted by Gasteiger charge is 2.20. The maximum atomic E-state index is 14.5. The molecular formula is C18H14FN5O2S2. The van der Waals surface area contributed by atoms with Crippen molar-refractivity contribution in [3.8, 4) is 5.69 Å². The Balaban J connectivity index is 1.59. The third kappa shape index (κ3) is 3.73. The molecule has 0 saturated heterocycles. The minimum atomic E-state index is -4.07. The first-order chi connectivity index (χ1) is 13.5. The fraction of sp³-hybridized carbons (Fsp3) is 0. The summed E-state index contributed by atoms with van der Waals surface area (Å²) >= 11 is 1.11. The molecular weight excluding hydrogens is 401 g/mol. The molecule has 142 valence electrons. The summed E-state index contributed by atoms with van der Waals surface area (Å²) in [7, 11) is -4.07. The van der Waals surface area contributed by atoms with Crippen molar-refractivity contribution in [1.29, 1.82) is 0 Å². The van der Waals surface area contributed by atoms with Crippen molar-refractivity contribution in [2.45, 2.75) is 4.90 Å². The zero-order valence-electron chi connectivity index (χ0n) is 14.3. The van der Waals surface area contributed by atoms with Crippen LogP contribution in [0, 0.1) is 5.82 Å². The number of halogens is 1. The topological polar surface area (TPSA) is 88.9 Å². The number of sulfonamides is 1. The molecule has 2 N–H and O–H groups in total. The minimum Gasteiger partial charge on any atom is -0.340 e. The van der Waals surface area contributed by atoms with Crippen molar-refractivity contribution in [3.05, 3.63) is 78.2 Å². The first-order valence-electron chi connectivity index (χ1n) is 8.11. The summed E-state index contributed by atoms with van der Waals surface area (Å²) in [5, 5.41) is 9.10. The maximum Gasteiger partial charge on any atom is 0.266 e. The molecule has 4 rings (SSSR count). The highest BCUT2D eigenvalue weighted by molar-refractivity contribution is 7.93. The fourth-order valence-electron chi connectivity index (χ4n) is 2.56. The van der Waals surface area contributed by atoms with Gasteiger partial charge in [0.15, 0.2) is 5.13 Å². The lowest BCUT2D eigenvalue weighted by Gasteiger charge is -2.11. The fourth-order valence-corrected chi connectivity index (χ4v) is 4.41. The summed E-state index contributed by atoms with van der Waals surface area (Å²) < 4.78 is 43.2. The summed E-state index contributed by atoms with van der Waals surface area (Å²) in [4.78, 5) is 3.39. The number of nitrogens with one attached hydrogen (secondary N) is 2. The van der Waals surface area contributed by atoms with Gasteiger partial charge >= 0.3 is 0 Å². The van der Waals surface area contributed by atoms with E-state index in [1.54, 1.807) is 22.3 Å². The van der Waals surface area contributed by atoms with Gasteiger partial charge in [0, 0.05) is 23.3 Å². The first-order valence-corrected chi connectivity index (χ1v) is 10.5. The standard InChI is InChI=1S/C18H14FN5O2S2/c19-15-12-13(6-7-16(15)28(25,26)23-18-20-10-11-27-18)22-17-8-9-21-24(17)14-4-2-1-3-5-14/h1-12,22H,(H,20,23). The monoisotopic (exact) mass is 415 g/mol. The lowest BCUT2D eigenvalue weighted by molar-refractivity contribution is 0.570. The van der Waals surface area contributed by atoms with Crippen LogP contribution in [0.1, 0.15) is 0 Å². The second-order valence-electron chi connectivity index (χ2n) is 5.68. The third-order valence-corrected chi connectivity index (χ3v) is 5.98. The van der Waals surface area contributed by atoms with Gasteiger partial charge in [-0.05, 0) is 30.3 Å². The van der Waals surface area contributed by atoms with Crippen molar-refractivity contribution in [2.24, 2.45) is 0 Å². The van der Waals surface area contributed by atoms with Gasteiger partial charge < -0.3 is 5.32 Å². The number of thiazole rings is 1. The van der Waals surface area contributed by atoms with Crippen LogP contribution < -0.4 is 10.0 Å². The van der Waals surface area contributed by atoms with Crippen molar-refractivity contribution in [2.75, 3.05) is 10.0 Å². The highest BCUT2D eigenvalue weighted by Crippen LogP contribution is 2.25. The maximum absolute atomic E-state index is 14.5. The molecule has 2 heterocycles. The quantitative estimate of drug-likeness (QED) is 0.497. The smallest absolute Gasteiger partial charge is 0.266 e. The molecule has 0 spiro atoms. The molecule has 10 heteroatoms. The van der Waals surface area contributed by atoms with Crippen molar-refractivity contribution >= 4 is 38.0 Å². The third-order valence-electron chi connectivity index (χ3n) is 3.79. The van der Waals surface area contributed by atoms with Gasteiger partial charge in [0.2, 0.25) is 0 Å². The van der Waals surface area contributed by atoms with E-state index in [-0.39, 0.29) is 5.13 Å². The zero-order valence-corrected chi connectivity index (χ0v) is 15.9. The highest BCUT2D eigenvalue weighted by atomic mass is 32.2. The molecule has 0 aliphatic carbocycles. The first kappa shape index (κ1) is 18.1. The Morgan fingerprint density at radius 2 is 1.86 bits per heavy atom. The van der Waals surface area contributed by atoms with E-state index >= 15 is 0 Å². The molecule has 0 saturated carbocycles. The van der Waals surface area contributed by atoms with Crippen molar-refractivity contribution in [1.82, 2.24) is 14.8 Å². The molecule has 2 aromatic carbocycles. The van der Waals surface area contributed by atoms with Crippen LogP contribution >= 0.6 is 11.3 Å². The van der Waals surface area contributed by atoms with Crippen LogP contribution in [-0.2, 0) is 10.0 Å². The van der Waals surface area contributed by atoms with E-state index in [1.807, 2.05) is 30.3 Å². The van der Waals surface area contributed by atoms with Crippen LogP contribution in [0.15, 0.2) is 77.3 Å². The Morgan fingerprint density at radius 1 is 1.04 bits per heavy atom. The molecule has 28 heavy (non-hydrogen) atoms. The minimum absolute atomic E-state index is 0.174. The number of rotatable bonds is 6. The van der Waals surface area contributed by atoms with Crippen LogP contribution in [0.2, 0.25) is 0 Å². The number of hydrogen-bond acceptors (Lipinski definition) is 6. The summed E-state index contributed by atoms with van der Waals surface area (Å²) in [6.45, 7) is 0. The van der Waals surface area contributed by atoms with Crippen LogP contribution in [0.4, 0.5) is 21.0 Å². The molecule has 0 radical (unpaired) electrons. The molecule has 4 aromatic rings. The molecule has 0 atom stereocenters. The molecule has 0 fully saturated rings. The largest absolute Gasteiger partial charge is 0.340 e. The average Bonchev–Trinajstić information content (AvgIpc) is 3.34. The summed E-state index contributed by atoms with van der Waals surface area (Å²) in [6, 6.07) is 15.0. The van der Waals surface area contributed by atoms with Gasteiger partial charge in [0.1, 0.15) is 16.5 Å². The Labute approximate surface area is 164 Å². The van der Waals surface area contributed by atoms with Crippen LogP contribution in [-0.4, -0.2) is 23.2 Å². The predicted molar refractivity (Wildman–Crippen MR) is 106 cm³/mol. The van der Waals surface area contributed by atoms with Gasteiger partial charge in [-0.1, -0.05) is 18.2 Å². The van der Waals surface area contributed by atoms with Gasteiger partial charge in [0.25, 0.3) is 10.0 Å². The molecule has 0 aliphatic heterocycles. The van der Waals surface area contributed by atoms with Gasteiger partial charge in [-0.3, -0.25) is 4.72 Å². The molecule has 2 aromatic heterocycles. The Bertz CT molecular complexity index is 1190. The van der Waals surface area contributed by atoms with Crippen molar-refractivity contribution < 1.29 is 12.8 Å². The summed E-state index contributed by atoms with van der Waals surface area (Å²) in [5.74, 6) is -0.262. The number of anilines is 3. The lowest BCUT2D eigenvalue weighted by atomic mass is 10.3. The normalized spacial score (nSPS) is 11.3. The van der Waals surface area contributed by atoms with Crippen LogP contribution in [0.5, 0.6) is 0 Å². The van der Waals surface area contributed by atoms with Gasteiger partial charge in [-0.15, -0.1) is 11.3 Å². The van der Waals surface area contributed by atoms with E-state index in [4.69, 9.17) is 0 Å². The Kier molecular flexibility index (Phi) is 4.80. The number of benzene rings is 2. The van der Waals surface area contributed by atoms with Crippen LogP contribution in [0.25, 0.3) is 5.69 Å². The molecule has 0 bridgehead atoms. The van der Waals surface area contributed by atoms with E-state index in [1.165, 1.54) is 18.3 Å². The number of nitrogens with zero attached hydrogens (tertiary/aromatic N) is 3. The molecule has 0 aliphatic rings. The van der Waals surface area contributed by atoms with Gasteiger partial charge in [-0.25, -0.2) is 22.5 Å². The zero-order chi connectivity index (χ0) is 19.6. The Hall–Kier alpha value is -3.24. The van der Waals surface area contributed by atoms with Gasteiger partial charge in [0.05, 0.1) is 11.9 Å². The SMILES string of the molecule is O=S(=O)(Nc1nccs1)c1ccc(Nc2ccnn2-c2ccccc2)cc1F.